The largest absolute Gasteiger partial charge is 0.380 e. The average Bonchev–Trinajstić information content (AvgIpc) is 3.47. The van der Waals surface area contributed by atoms with Gasteiger partial charge in [0.15, 0.2) is 5.78 Å². The zero-order valence-electron chi connectivity index (χ0n) is 20.2. The minimum Gasteiger partial charge on any atom is -0.380 e. The zero-order chi connectivity index (χ0) is 24.9. The van der Waals surface area contributed by atoms with Gasteiger partial charge in [-0.05, 0) is 41.3 Å². The highest BCUT2D eigenvalue weighted by Crippen LogP contribution is 2.30. The number of ketones is 1. The Morgan fingerprint density at radius 1 is 0.917 bits per heavy atom. The maximum atomic E-state index is 13.3. The van der Waals surface area contributed by atoms with E-state index in [1.54, 1.807) is 0 Å². The van der Waals surface area contributed by atoms with Crippen LogP contribution in [0.15, 0.2) is 84.9 Å². The number of tetrazole rings is 1. The Morgan fingerprint density at radius 3 is 2.33 bits per heavy atom. The van der Waals surface area contributed by atoms with E-state index in [4.69, 9.17) is 0 Å². The lowest BCUT2D eigenvalue weighted by molar-refractivity contribution is 0.103. The molecule has 36 heavy (non-hydrogen) atoms. The first-order chi connectivity index (χ1) is 17.6. The molecule has 0 amide bonds. The minimum absolute atomic E-state index is 0.0285. The molecule has 0 bridgehead atoms. The third-order valence-corrected chi connectivity index (χ3v) is 6.14. The van der Waals surface area contributed by atoms with Crippen LogP contribution in [0.5, 0.6) is 0 Å². The van der Waals surface area contributed by atoms with Crippen LogP contribution in [0.3, 0.4) is 0 Å². The number of aromatic nitrogens is 5. The smallest absolute Gasteiger partial charge is 0.205 e. The summed E-state index contributed by atoms with van der Waals surface area (Å²) in [4.78, 5) is 18.0. The summed E-state index contributed by atoms with van der Waals surface area (Å²) in [5, 5.41) is 18.0. The highest BCUT2D eigenvalue weighted by molar-refractivity contribution is 6.13. The van der Waals surface area contributed by atoms with Gasteiger partial charge in [0.25, 0.3) is 0 Å². The Balaban J connectivity index is 1.40. The second-order valence-electron chi connectivity index (χ2n) is 8.50. The number of carbonyl (C=O) groups is 1. The first-order valence-electron chi connectivity index (χ1n) is 11.9. The lowest BCUT2D eigenvalue weighted by Crippen LogP contribution is -2.12. The fourth-order valence-corrected chi connectivity index (χ4v) is 4.28. The van der Waals surface area contributed by atoms with E-state index in [1.165, 1.54) is 0 Å². The Morgan fingerprint density at radius 2 is 1.64 bits per heavy atom. The van der Waals surface area contributed by atoms with Crippen LogP contribution in [0.25, 0.3) is 22.5 Å². The Bertz CT molecular complexity index is 1480. The van der Waals surface area contributed by atoms with Crippen molar-refractivity contribution < 1.29 is 4.79 Å². The van der Waals surface area contributed by atoms with Crippen molar-refractivity contribution in [3.05, 3.63) is 113 Å². The summed E-state index contributed by atoms with van der Waals surface area (Å²) in [7, 11) is 0. The van der Waals surface area contributed by atoms with Crippen LogP contribution in [0.1, 0.15) is 39.8 Å². The maximum Gasteiger partial charge on any atom is 0.205 e. The van der Waals surface area contributed by atoms with Gasteiger partial charge >= 0.3 is 0 Å². The minimum atomic E-state index is -0.0285. The average molecular weight is 475 g/mol. The number of pyridine rings is 1. The van der Waals surface area contributed by atoms with Crippen LogP contribution in [0.4, 0.5) is 5.69 Å². The van der Waals surface area contributed by atoms with Crippen LogP contribution >= 0.6 is 0 Å². The number of hydrogen-bond acceptors (Lipinski definition) is 6. The molecule has 7 heteroatoms. The molecule has 0 radical (unpaired) electrons. The maximum absolute atomic E-state index is 13.3. The van der Waals surface area contributed by atoms with Crippen LogP contribution in [0.2, 0.25) is 0 Å². The molecule has 178 valence electrons. The molecule has 0 saturated heterocycles. The Hall–Kier alpha value is -4.65. The fraction of sp³-hybridized carbons (Fsp3) is 0.138. The molecular formula is C29H26N6O. The number of hydrogen-bond donors (Lipinski definition) is 2. The molecule has 0 atom stereocenters. The first-order valence-corrected chi connectivity index (χ1v) is 11.9. The number of nitrogens with one attached hydrogen (secondary N) is 2. The van der Waals surface area contributed by atoms with E-state index in [-0.39, 0.29) is 5.78 Å². The van der Waals surface area contributed by atoms with Gasteiger partial charge in [0.2, 0.25) is 5.82 Å². The molecule has 0 aliphatic rings. The SMILES string of the molecule is CCc1cc(NCc2ccc(-c3ccccc3-c3nn[nH]n3)cc2)c(C(=O)c2ccccc2)c(C)n1. The van der Waals surface area contributed by atoms with Crippen molar-refractivity contribution in [2.75, 3.05) is 5.32 Å². The van der Waals surface area contributed by atoms with Crippen molar-refractivity contribution >= 4 is 11.5 Å². The topological polar surface area (TPSA) is 96.5 Å². The summed E-state index contributed by atoms with van der Waals surface area (Å²) >= 11 is 0. The van der Waals surface area contributed by atoms with Crippen LogP contribution in [0, 0.1) is 6.92 Å². The van der Waals surface area contributed by atoms with E-state index in [0.29, 0.717) is 23.5 Å². The third-order valence-electron chi connectivity index (χ3n) is 6.14. The number of aryl methyl sites for hydroxylation is 2. The summed E-state index contributed by atoms with van der Waals surface area (Å²) in [6, 6.07) is 27.7. The molecule has 2 heterocycles. The lowest BCUT2D eigenvalue weighted by atomic mass is 9.98. The van der Waals surface area contributed by atoms with E-state index in [0.717, 1.165) is 45.7 Å². The molecule has 3 aromatic carbocycles. The van der Waals surface area contributed by atoms with E-state index in [1.807, 2.05) is 67.6 Å². The van der Waals surface area contributed by atoms with Crippen LogP contribution in [-0.2, 0) is 13.0 Å². The van der Waals surface area contributed by atoms with Crippen LogP contribution in [-0.4, -0.2) is 31.4 Å². The number of anilines is 1. The molecule has 5 aromatic rings. The molecule has 2 N–H and O–H groups in total. The zero-order valence-corrected chi connectivity index (χ0v) is 20.2. The molecule has 7 nitrogen and oxygen atoms in total. The van der Waals surface area contributed by atoms with Crippen LogP contribution < -0.4 is 5.32 Å². The summed E-state index contributed by atoms with van der Waals surface area (Å²) in [6.07, 6.45) is 0.795. The third kappa shape index (κ3) is 4.77. The molecule has 0 saturated carbocycles. The molecular weight excluding hydrogens is 448 g/mol. The van der Waals surface area contributed by atoms with Gasteiger partial charge in [-0.15, -0.1) is 10.2 Å². The van der Waals surface area contributed by atoms with Gasteiger partial charge in [-0.3, -0.25) is 9.78 Å². The van der Waals surface area contributed by atoms with E-state index < -0.39 is 0 Å². The number of H-pyrrole nitrogens is 1. The molecule has 0 fully saturated rings. The number of aromatic amines is 1. The van der Waals surface area contributed by atoms with Gasteiger partial charge in [0, 0.05) is 29.1 Å². The molecule has 5 rings (SSSR count). The number of rotatable bonds is 8. The van der Waals surface area contributed by atoms with Gasteiger partial charge in [-0.25, -0.2) is 0 Å². The predicted molar refractivity (Wildman–Crippen MR) is 141 cm³/mol. The first kappa shape index (κ1) is 23.1. The fourth-order valence-electron chi connectivity index (χ4n) is 4.28. The molecule has 0 spiro atoms. The Labute approximate surface area is 209 Å². The highest BCUT2D eigenvalue weighted by Gasteiger charge is 2.18. The Kier molecular flexibility index (Phi) is 6.62. The summed E-state index contributed by atoms with van der Waals surface area (Å²) in [5.74, 6) is 0.533. The summed E-state index contributed by atoms with van der Waals surface area (Å²) in [5.41, 5.74) is 7.87. The van der Waals surface area contributed by atoms with Gasteiger partial charge in [0.1, 0.15) is 0 Å². The van der Waals surface area contributed by atoms with E-state index in [2.05, 4.69) is 62.1 Å². The van der Waals surface area contributed by atoms with E-state index in [9.17, 15) is 4.79 Å². The van der Waals surface area contributed by atoms with Crippen molar-refractivity contribution in [2.45, 2.75) is 26.8 Å². The lowest BCUT2D eigenvalue weighted by Gasteiger charge is -2.16. The quantitative estimate of drug-likeness (QED) is 0.282. The van der Waals surface area contributed by atoms with Gasteiger partial charge < -0.3 is 5.32 Å². The molecule has 0 aliphatic heterocycles. The second-order valence-corrected chi connectivity index (χ2v) is 8.50. The molecule has 0 aliphatic carbocycles. The number of carbonyl (C=O) groups excluding carboxylic acids is 1. The van der Waals surface area contributed by atoms with Gasteiger partial charge in [-0.2, -0.15) is 5.21 Å². The highest BCUT2D eigenvalue weighted by atomic mass is 16.1. The van der Waals surface area contributed by atoms with Crippen molar-refractivity contribution in [3.63, 3.8) is 0 Å². The van der Waals surface area contributed by atoms with Crippen molar-refractivity contribution in [1.29, 1.82) is 0 Å². The van der Waals surface area contributed by atoms with Crippen molar-refractivity contribution in [1.82, 2.24) is 25.6 Å². The number of nitrogens with zero attached hydrogens (tertiary/aromatic N) is 4. The molecule has 0 unspecified atom stereocenters. The monoisotopic (exact) mass is 474 g/mol. The van der Waals surface area contributed by atoms with Gasteiger partial charge in [0.05, 0.1) is 11.3 Å². The van der Waals surface area contributed by atoms with Crippen molar-refractivity contribution in [3.8, 4) is 22.5 Å². The van der Waals surface area contributed by atoms with E-state index >= 15 is 0 Å². The summed E-state index contributed by atoms with van der Waals surface area (Å²) < 4.78 is 0. The number of benzene rings is 3. The second kappa shape index (κ2) is 10.3. The summed E-state index contributed by atoms with van der Waals surface area (Å²) in [6.45, 7) is 4.54. The normalized spacial score (nSPS) is 10.8. The predicted octanol–water partition coefficient (Wildman–Crippen LogP) is 5.64. The molecule has 2 aromatic heterocycles. The standard InChI is InChI=1S/C29H26N6O/c1-3-23-17-26(27(19(2)31-23)28(36)22-9-5-4-6-10-22)30-18-20-13-15-21(16-14-20)24-11-7-8-12-25(24)29-32-34-35-33-29/h4-17H,3,18H2,1-2H3,(H,30,31)(H,32,33,34,35). The van der Waals surface area contributed by atoms with Crippen molar-refractivity contribution in [2.24, 2.45) is 0 Å². The van der Waals surface area contributed by atoms with Gasteiger partial charge in [-0.1, -0.05) is 85.8 Å².